The fourth-order valence-electron chi connectivity index (χ4n) is 10.6. The monoisotopic (exact) mass is 1450 g/mol. The largest absolute Gasteiger partial charge is 0.472 e. The van der Waals surface area contributed by atoms with Crippen molar-refractivity contribution in [2.45, 2.75) is 354 Å². The number of carbonyl (C=O) groups is 4. The van der Waals surface area contributed by atoms with Gasteiger partial charge in [0, 0.05) is 25.7 Å². The third kappa shape index (κ3) is 72.3. The van der Waals surface area contributed by atoms with Crippen LogP contribution >= 0.6 is 15.6 Å². The van der Waals surface area contributed by atoms with E-state index in [2.05, 4.69) is 113 Å². The Morgan fingerprint density at radius 3 is 0.860 bits per heavy atom. The Kier molecular flexibility index (Phi) is 70.4. The van der Waals surface area contributed by atoms with Crippen molar-refractivity contribution in [1.82, 2.24) is 0 Å². The molecule has 100 heavy (non-hydrogen) atoms. The van der Waals surface area contributed by atoms with Gasteiger partial charge in [-0.05, 0) is 103 Å². The third-order valence-electron chi connectivity index (χ3n) is 16.6. The van der Waals surface area contributed by atoms with Gasteiger partial charge >= 0.3 is 39.5 Å². The molecule has 0 heterocycles. The number of phosphoric acid groups is 2. The van der Waals surface area contributed by atoms with Crippen molar-refractivity contribution < 1.29 is 80.2 Å². The molecule has 0 aromatic heterocycles. The number of ether oxygens (including phenoxy) is 4. The summed E-state index contributed by atoms with van der Waals surface area (Å²) in [6, 6.07) is 0. The zero-order chi connectivity index (χ0) is 73.2. The van der Waals surface area contributed by atoms with E-state index < -0.39 is 97.5 Å². The van der Waals surface area contributed by atoms with E-state index in [0.717, 1.165) is 135 Å². The van der Waals surface area contributed by atoms with E-state index in [-0.39, 0.29) is 25.7 Å². The molecule has 0 saturated heterocycles. The molecule has 0 amide bonds. The van der Waals surface area contributed by atoms with Crippen LogP contribution < -0.4 is 0 Å². The van der Waals surface area contributed by atoms with Crippen LogP contribution in [0.15, 0.2) is 97.2 Å². The maximum atomic E-state index is 13.1. The van der Waals surface area contributed by atoms with Crippen molar-refractivity contribution in [3.05, 3.63) is 97.2 Å². The van der Waals surface area contributed by atoms with Gasteiger partial charge in [-0.1, -0.05) is 305 Å². The van der Waals surface area contributed by atoms with Crippen LogP contribution in [0.3, 0.4) is 0 Å². The maximum Gasteiger partial charge on any atom is 0.472 e. The van der Waals surface area contributed by atoms with E-state index in [0.29, 0.717) is 32.1 Å². The van der Waals surface area contributed by atoms with Crippen molar-refractivity contribution >= 4 is 39.5 Å². The van der Waals surface area contributed by atoms with Crippen LogP contribution in [0, 0.1) is 0 Å². The highest BCUT2D eigenvalue weighted by atomic mass is 31.2. The molecule has 5 unspecified atom stereocenters. The van der Waals surface area contributed by atoms with Gasteiger partial charge in [-0.25, -0.2) is 9.13 Å². The van der Waals surface area contributed by atoms with Crippen LogP contribution in [-0.2, 0) is 65.4 Å². The topological polar surface area (TPSA) is 237 Å². The van der Waals surface area contributed by atoms with Gasteiger partial charge in [-0.15, -0.1) is 0 Å². The summed E-state index contributed by atoms with van der Waals surface area (Å²) >= 11 is 0. The molecule has 0 aliphatic carbocycles. The molecular formula is C81H142O17P2. The number of unbranched alkanes of at least 4 members (excludes halogenated alkanes) is 32. The molecule has 578 valence electrons. The first-order valence-corrected chi connectivity index (χ1v) is 42.5. The van der Waals surface area contributed by atoms with E-state index >= 15 is 0 Å². The average Bonchev–Trinajstić information content (AvgIpc) is 1.05. The number of aliphatic hydroxyl groups excluding tert-OH is 1. The first-order valence-electron chi connectivity index (χ1n) is 39.5. The summed E-state index contributed by atoms with van der Waals surface area (Å²) in [7, 11) is -9.96. The lowest BCUT2D eigenvalue weighted by molar-refractivity contribution is -0.161. The number of rotatable bonds is 74. The summed E-state index contributed by atoms with van der Waals surface area (Å²) in [5.74, 6) is -2.24. The molecule has 0 aliphatic heterocycles. The number of aliphatic hydroxyl groups is 1. The van der Waals surface area contributed by atoms with Crippen LogP contribution in [-0.4, -0.2) is 96.7 Å². The molecule has 5 atom stereocenters. The Hall–Kier alpha value is -4.02. The number of hydrogen-bond donors (Lipinski definition) is 3. The Labute approximate surface area is 607 Å². The number of allylic oxidation sites excluding steroid dienone is 16. The predicted molar refractivity (Wildman–Crippen MR) is 409 cm³/mol. The van der Waals surface area contributed by atoms with E-state index in [1.807, 2.05) is 12.2 Å². The second kappa shape index (κ2) is 73.3. The molecule has 17 nitrogen and oxygen atoms in total. The molecule has 0 bridgehead atoms. The van der Waals surface area contributed by atoms with Crippen molar-refractivity contribution in [2.75, 3.05) is 39.6 Å². The van der Waals surface area contributed by atoms with E-state index in [1.54, 1.807) is 0 Å². The van der Waals surface area contributed by atoms with Gasteiger partial charge in [0.25, 0.3) is 0 Å². The zero-order valence-electron chi connectivity index (χ0n) is 63.1. The second-order valence-corrected chi connectivity index (χ2v) is 29.2. The first kappa shape index (κ1) is 96.0. The minimum atomic E-state index is -4.99. The van der Waals surface area contributed by atoms with Crippen molar-refractivity contribution in [3.8, 4) is 0 Å². The average molecular weight is 1450 g/mol. The van der Waals surface area contributed by atoms with E-state index in [9.17, 15) is 43.2 Å². The molecule has 19 heteroatoms. The molecule has 0 aliphatic rings. The van der Waals surface area contributed by atoms with E-state index in [1.165, 1.54) is 116 Å². The van der Waals surface area contributed by atoms with E-state index in [4.69, 9.17) is 37.0 Å². The van der Waals surface area contributed by atoms with Crippen molar-refractivity contribution in [3.63, 3.8) is 0 Å². The molecule has 0 aromatic rings. The molecule has 0 rings (SSSR count). The number of phosphoric ester groups is 2. The number of hydrogen-bond acceptors (Lipinski definition) is 15. The van der Waals surface area contributed by atoms with Crippen LogP contribution in [0.2, 0.25) is 0 Å². The minimum Gasteiger partial charge on any atom is -0.462 e. The summed E-state index contributed by atoms with van der Waals surface area (Å²) in [5, 5.41) is 10.6. The first-order chi connectivity index (χ1) is 48.7. The molecule has 0 aromatic carbocycles. The lowest BCUT2D eigenvalue weighted by atomic mass is 10.0. The van der Waals surface area contributed by atoms with Gasteiger partial charge in [-0.3, -0.25) is 37.3 Å². The fourth-order valence-corrected chi connectivity index (χ4v) is 12.1. The van der Waals surface area contributed by atoms with Gasteiger partial charge in [0.15, 0.2) is 12.2 Å². The summed E-state index contributed by atoms with van der Waals surface area (Å²) < 4.78 is 68.5. The zero-order valence-corrected chi connectivity index (χ0v) is 64.9. The summed E-state index contributed by atoms with van der Waals surface area (Å²) in [6.45, 7) is 4.68. The molecule has 0 spiro atoms. The fraction of sp³-hybridized carbons (Fsp3) is 0.753. The Morgan fingerprint density at radius 1 is 0.290 bits per heavy atom. The van der Waals surface area contributed by atoms with Gasteiger partial charge in [-0.2, -0.15) is 0 Å². The molecule has 3 N–H and O–H groups in total. The molecule has 0 saturated carbocycles. The van der Waals surface area contributed by atoms with Crippen LogP contribution in [0.1, 0.15) is 336 Å². The van der Waals surface area contributed by atoms with Crippen LogP contribution in [0.25, 0.3) is 0 Å². The highest BCUT2D eigenvalue weighted by Gasteiger charge is 2.30. The van der Waals surface area contributed by atoms with Gasteiger partial charge in [0.1, 0.15) is 19.3 Å². The SMILES string of the molecule is CC/C=C\C/C=C\C/C=C\C/C=C\C/C=C\CCCC(=O)OC(COC(=O)CCCCCCCC/C=C\C/C=C\C/C=C\CCCCC)COP(=O)(O)OCC(O)COP(=O)(O)OCC(COC(=O)CCCCCCCCCCCCCCC)OC(=O)CCCCCCCCCCCCC. The van der Waals surface area contributed by atoms with Gasteiger partial charge < -0.3 is 33.8 Å². The number of esters is 4. The summed E-state index contributed by atoms with van der Waals surface area (Å²) in [6.07, 6.45) is 76.8. The minimum absolute atomic E-state index is 0.0138. The molecule has 0 fully saturated rings. The molecular weight excluding hydrogens is 1310 g/mol. The third-order valence-corrected chi connectivity index (χ3v) is 18.5. The van der Waals surface area contributed by atoms with Crippen molar-refractivity contribution in [1.29, 1.82) is 0 Å². The normalized spacial score (nSPS) is 14.4. The lowest BCUT2D eigenvalue weighted by Gasteiger charge is -2.21. The van der Waals surface area contributed by atoms with Crippen LogP contribution in [0.5, 0.6) is 0 Å². The Balaban J connectivity index is 5.37. The highest BCUT2D eigenvalue weighted by molar-refractivity contribution is 7.47. The Bertz CT molecular complexity index is 2270. The standard InChI is InChI=1S/C81H142O17P2/c1-5-9-13-17-21-25-29-32-34-36-37-39-40-43-47-50-54-58-62-66-79(84)92-72-77(98-81(86)68-64-60-56-52-48-44-41-38-35-33-30-26-22-18-14-10-6-2)74-96-100(89,90)94-70-75(82)69-93-99(87,88)95-73-76(97-80(85)67-63-59-55-51-45-28-24-20-16-12-8-4)71-91-78(83)65-61-57-53-49-46-42-31-27-23-19-15-11-7-3/h10,14,21-22,25-26,32-35,37,39,41,44,52,56,75-77,82H,5-9,11-13,15-20,23-24,27-31,36,38,40,42-43,45-51,53-55,57-74H2,1-4H3,(H,87,88)(H,89,90)/b14-10-,25-21-,26-22-,34-32-,35-33-,39-37-,44-41-,56-52-. The van der Waals surface area contributed by atoms with Crippen molar-refractivity contribution in [2.24, 2.45) is 0 Å². The highest BCUT2D eigenvalue weighted by Crippen LogP contribution is 2.45. The summed E-state index contributed by atoms with van der Waals surface area (Å²) in [4.78, 5) is 72.9. The van der Waals surface area contributed by atoms with Crippen LogP contribution in [0.4, 0.5) is 0 Å². The second-order valence-electron chi connectivity index (χ2n) is 26.3. The number of carbonyl (C=O) groups excluding carboxylic acids is 4. The Morgan fingerprint density at radius 2 is 0.530 bits per heavy atom. The predicted octanol–water partition coefficient (Wildman–Crippen LogP) is 22.8. The quantitative estimate of drug-likeness (QED) is 0.0169. The summed E-state index contributed by atoms with van der Waals surface area (Å²) in [5.41, 5.74) is 0. The maximum absolute atomic E-state index is 13.1. The molecule has 0 radical (unpaired) electrons. The smallest absolute Gasteiger partial charge is 0.462 e. The lowest BCUT2D eigenvalue weighted by Crippen LogP contribution is -2.30. The van der Waals surface area contributed by atoms with Gasteiger partial charge in [0.05, 0.1) is 26.4 Å². The van der Waals surface area contributed by atoms with Gasteiger partial charge in [0.2, 0.25) is 0 Å².